The molecule has 118 valence electrons. The molecule has 1 aromatic carbocycles. The van der Waals surface area contributed by atoms with E-state index in [0.29, 0.717) is 0 Å². The van der Waals surface area contributed by atoms with Gasteiger partial charge in [0.15, 0.2) is 0 Å². The number of hydrogen-bond donors (Lipinski definition) is 2. The van der Waals surface area contributed by atoms with Crippen molar-refractivity contribution in [1.82, 2.24) is 5.32 Å². The predicted octanol–water partition coefficient (Wildman–Crippen LogP) is 2.54. The van der Waals surface area contributed by atoms with Crippen LogP contribution >= 0.6 is 0 Å². The molecule has 4 heteroatoms. The lowest BCUT2D eigenvalue weighted by Crippen LogP contribution is -2.55. The van der Waals surface area contributed by atoms with E-state index in [1.54, 1.807) is 0 Å². The monoisotopic (exact) mass is 291 g/mol. The molecule has 1 aromatic rings. The van der Waals surface area contributed by atoms with E-state index in [4.69, 9.17) is 5.73 Å². The zero-order chi connectivity index (χ0) is 15.9. The Morgan fingerprint density at radius 2 is 1.90 bits per heavy atom. The van der Waals surface area contributed by atoms with E-state index in [-0.39, 0.29) is 11.9 Å². The Morgan fingerprint density at radius 3 is 2.43 bits per heavy atom. The standard InChI is InChI=1S/C17H29N3O/c1-14(2)19-17(3,16(18)21)12-8-9-13-20(4)15-10-6-5-7-11-15/h5-7,10-11,14,19H,8-9,12-13H2,1-4H3,(H2,18,21). The summed E-state index contributed by atoms with van der Waals surface area (Å²) < 4.78 is 0. The average Bonchev–Trinajstić information content (AvgIpc) is 2.43. The molecule has 0 heterocycles. The number of amides is 1. The molecule has 1 amide bonds. The van der Waals surface area contributed by atoms with Gasteiger partial charge in [-0.05, 0) is 52.2 Å². The van der Waals surface area contributed by atoms with E-state index >= 15 is 0 Å². The van der Waals surface area contributed by atoms with E-state index < -0.39 is 5.54 Å². The molecular formula is C17H29N3O. The summed E-state index contributed by atoms with van der Waals surface area (Å²) in [6.45, 7) is 6.94. The van der Waals surface area contributed by atoms with Crippen LogP contribution in [-0.4, -0.2) is 31.1 Å². The minimum atomic E-state index is -0.612. The van der Waals surface area contributed by atoms with Gasteiger partial charge in [0.2, 0.25) is 5.91 Å². The van der Waals surface area contributed by atoms with Gasteiger partial charge in [-0.25, -0.2) is 0 Å². The number of benzene rings is 1. The van der Waals surface area contributed by atoms with Crippen molar-refractivity contribution in [3.8, 4) is 0 Å². The number of anilines is 1. The van der Waals surface area contributed by atoms with Crippen molar-refractivity contribution in [1.29, 1.82) is 0 Å². The maximum Gasteiger partial charge on any atom is 0.237 e. The van der Waals surface area contributed by atoms with Gasteiger partial charge in [-0.1, -0.05) is 18.2 Å². The lowest BCUT2D eigenvalue weighted by atomic mass is 9.93. The Bertz CT molecular complexity index is 433. The second kappa shape index (κ2) is 8.03. The molecule has 0 radical (unpaired) electrons. The predicted molar refractivity (Wildman–Crippen MR) is 89.4 cm³/mol. The van der Waals surface area contributed by atoms with Crippen LogP contribution in [-0.2, 0) is 4.79 Å². The molecule has 0 saturated heterocycles. The largest absolute Gasteiger partial charge is 0.375 e. The lowest BCUT2D eigenvalue weighted by molar-refractivity contribution is -0.124. The highest BCUT2D eigenvalue weighted by Crippen LogP contribution is 2.16. The lowest BCUT2D eigenvalue weighted by Gasteiger charge is -2.30. The van der Waals surface area contributed by atoms with Gasteiger partial charge < -0.3 is 16.0 Å². The van der Waals surface area contributed by atoms with Crippen LogP contribution in [0.5, 0.6) is 0 Å². The number of carbonyl (C=O) groups is 1. The van der Waals surface area contributed by atoms with Crippen molar-refractivity contribution in [2.24, 2.45) is 5.73 Å². The van der Waals surface area contributed by atoms with Crippen LogP contribution in [0, 0.1) is 0 Å². The fourth-order valence-electron chi connectivity index (χ4n) is 2.54. The summed E-state index contributed by atoms with van der Waals surface area (Å²) in [7, 11) is 2.09. The number of carbonyl (C=O) groups excluding carboxylic acids is 1. The second-order valence-electron chi connectivity index (χ2n) is 6.21. The molecular weight excluding hydrogens is 262 g/mol. The number of primary amides is 1. The Balaban J connectivity index is 2.40. The molecule has 0 aliphatic rings. The zero-order valence-corrected chi connectivity index (χ0v) is 13.7. The van der Waals surface area contributed by atoms with Gasteiger partial charge >= 0.3 is 0 Å². The molecule has 0 fully saturated rings. The first-order chi connectivity index (χ1) is 9.85. The first-order valence-electron chi connectivity index (χ1n) is 7.69. The van der Waals surface area contributed by atoms with E-state index in [2.05, 4.69) is 29.4 Å². The van der Waals surface area contributed by atoms with Crippen LogP contribution in [0.1, 0.15) is 40.0 Å². The van der Waals surface area contributed by atoms with Crippen LogP contribution in [0.2, 0.25) is 0 Å². The number of nitrogens with two attached hydrogens (primary N) is 1. The smallest absolute Gasteiger partial charge is 0.237 e. The third-order valence-corrected chi connectivity index (χ3v) is 3.77. The van der Waals surface area contributed by atoms with Gasteiger partial charge in [-0.2, -0.15) is 0 Å². The summed E-state index contributed by atoms with van der Waals surface area (Å²) in [4.78, 5) is 13.9. The fourth-order valence-corrected chi connectivity index (χ4v) is 2.54. The number of nitrogens with one attached hydrogen (secondary N) is 1. The van der Waals surface area contributed by atoms with Gasteiger partial charge in [0.25, 0.3) is 0 Å². The SMILES string of the molecule is CC(C)NC(C)(CCCCN(C)c1ccccc1)C(N)=O. The van der Waals surface area contributed by atoms with Gasteiger partial charge in [0.05, 0.1) is 5.54 Å². The molecule has 4 nitrogen and oxygen atoms in total. The molecule has 0 aromatic heterocycles. The summed E-state index contributed by atoms with van der Waals surface area (Å²) in [6.07, 6.45) is 2.77. The highest BCUT2D eigenvalue weighted by molar-refractivity contribution is 5.84. The summed E-state index contributed by atoms with van der Waals surface area (Å²) in [6, 6.07) is 10.6. The molecule has 1 atom stereocenters. The van der Waals surface area contributed by atoms with E-state index in [1.807, 2.05) is 39.0 Å². The first-order valence-corrected chi connectivity index (χ1v) is 7.69. The van der Waals surface area contributed by atoms with Crippen molar-refractivity contribution in [3.05, 3.63) is 30.3 Å². The van der Waals surface area contributed by atoms with Gasteiger partial charge in [-0.15, -0.1) is 0 Å². The quantitative estimate of drug-likeness (QED) is 0.687. The summed E-state index contributed by atoms with van der Waals surface area (Å²) in [5, 5.41) is 3.29. The van der Waals surface area contributed by atoms with E-state index in [0.717, 1.165) is 25.8 Å². The van der Waals surface area contributed by atoms with E-state index in [9.17, 15) is 4.79 Å². The van der Waals surface area contributed by atoms with Crippen molar-refractivity contribution < 1.29 is 4.79 Å². The van der Waals surface area contributed by atoms with Crippen molar-refractivity contribution in [2.75, 3.05) is 18.5 Å². The molecule has 0 aliphatic carbocycles. The third kappa shape index (κ3) is 5.76. The summed E-state index contributed by atoms with van der Waals surface area (Å²) >= 11 is 0. The Morgan fingerprint density at radius 1 is 1.29 bits per heavy atom. The number of nitrogens with zero attached hydrogens (tertiary/aromatic N) is 1. The maximum atomic E-state index is 11.7. The number of para-hydroxylation sites is 1. The minimum absolute atomic E-state index is 0.245. The van der Waals surface area contributed by atoms with Crippen LogP contribution in [0.3, 0.4) is 0 Å². The van der Waals surface area contributed by atoms with Gasteiger partial charge in [-0.3, -0.25) is 4.79 Å². The number of hydrogen-bond acceptors (Lipinski definition) is 3. The van der Waals surface area contributed by atoms with E-state index in [1.165, 1.54) is 5.69 Å². The molecule has 0 saturated carbocycles. The Kier molecular flexibility index (Phi) is 6.69. The van der Waals surface area contributed by atoms with Crippen molar-refractivity contribution in [2.45, 2.75) is 51.6 Å². The fraction of sp³-hybridized carbons (Fsp3) is 0.588. The van der Waals surface area contributed by atoms with Crippen molar-refractivity contribution in [3.63, 3.8) is 0 Å². The number of rotatable bonds is 9. The second-order valence-corrected chi connectivity index (χ2v) is 6.21. The normalized spacial score (nSPS) is 14.0. The molecule has 1 unspecified atom stereocenters. The van der Waals surface area contributed by atoms with Gasteiger partial charge in [0, 0.05) is 25.3 Å². The van der Waals surface area contributed by atoms with Crippen LogP contribution in [0.4, 0.5) is 5.69 Å². The molecule has 1 rings (SSSR count). The minimum Gasteiger partial charge on any atom is -0.375 e. The average molecular weight is 291 g/mol. The topological polar surface area (TPSA) is 58.4 Å². The Labute approximate surface area is 128 Å². The summed E-state index contributed by atoms with van der Waals surface area (Å²) in [5.41, 5.74) is 6.15. The summed E-state index contributed by atoms with van der Waals surface area (Å²) in [5.74, 6) is -0.271. The molecule has 0 aliphatic heterocycles. The van der Waals surface area contributed by atoms with Crippen LogP contribution in [0.15, 0.2) is 30.3 Å². The van der Waals surface area contributed by atoms with Crippen molar-refractivity contribution >= 4 is 11.6 Å². The molecule has 3 N–H and O–H groups in total. The Hall–Kier alpha value is -1.55. The highest BCUT2D eigenvalue weighted by Gasteiger charge is 2.30. The first kappa shape index (κ1) is 17.5. The molecule has 0 spiro atoms. The molecule has 21 heavy (non-hydrogen) atoms. The molecule has 0 bridgehead atoms. The van der Waals surface area contributed by atoms with Crippen LogP contribution in [0.25, 0.3) is 0 Å². The number of unbranched alkanes of at least 4 members (excludes halogenated alkanes) is 1. The third-order valence-electron chi connectivity index (χ3n) is 3.77. The van der Waals surface area contributed by atoms with Crippen LogP contribution < -0.4 is 16.0 Å². The maximum absolute atomic E-state index is 11.7. The zero-order valence-electron chi connectivity index (χ0n) is 13.7. The van der Waals surface area contributed by atoms with Gasteiger partial charge in [0.1, 0.15) is 0 Å². The highest BCUT2D eigenvalue weighted by atomic mass is 16.1.